The summed E-state index contributed by atoms with van der Waals surface area (Å²) in [5.41, 5.74) is 1.03. The number of hydrogen-bond acceptors (Lipinski definition) is 4. The van der Waals surface area contributed by atoms with Crippen LogP contribution >= 0.6 is 0 Å². The minimum atomic E-state index is 0.496. The van der Waals surface area contributed by atoms with Gasteiger partial charge < -0.3 is 0 Å². The van der Waals surface area contributed by atoms with Crippen molar-refractivity contribution in [2.24, 2.45) is 0 Å². The number of ether oxygens (including phenoxy) is 1. The Morgan fingerprint density at radius 1 is 1.39 bits per heavy atom. The van der Waals surface area contributed by atoms with Crippen molar-refractivity contribution >= 4 is 18.5 Å². The zero-order valence-electron chi connectivity index (χ0n) is 10.6. The van der Waals surface area contributed by atoms with E-state index in [0.29, 0.717) is 21.2 Å². The van der Waals surface area contributed by atoms with Crippen molar-refractivity contribution in [2.45, 2.75) is 6.42 Å². The Kier molecular flexibility index (Phi) is 5.91. The molecule has 3 nitrogen and oxygen atoms in total. The Morgan fingerprint density at radius 2 is 2.17 bits per heavy atom. The second kappa shape index (κ2) is 7.45. The predicted octanol–water partition coefficient (Wildman–Crippen LogP) is -1.28. The Morgan fingerprint density at radius 3 is 2.78 bits per heavy atom. The molecule has 5 heteroatoms. The first-order chi connectivity index (χ1) is 8.75. The first-order valence-corrected chi connectivity index (χ1v) is 9.57. The first kappa shape index (κ1) is 14.3. The molecule has 1 aromatic carbocycles. The van der Waals surface area contributed by atoms with Crippen molar-refractivity contribution in [1.29, 1.82) is 0 Å². The standard InChI is InChI=1S/C13H19IN2OS/c1-15(18)12-3-5-13(6-4-12)17-10-2-8-16-9-7-14-11-16/h3-6H,2,7-11H2,1H3/q-2. The minimum absolute atomic E-state index is 0.496. The number of benzene rings is 1. The number of rotatable bonds is 6. The van der Waals surface area contributed by atoms with Gasteiger partial charge >= 0.3 is 126 Å². The second-order valence-electron chi connectivity index (χ2n) is 4.31. The normalized spacial score (nSPS) is 16.3. The van der Waals surface area contributed by atoms with Crippen LogP contribution in [0.5, 0.6) is 5.75 Å². The van der Waals surface area contributed by atoms with Gasteiger partial charge in [0.05, 0.1) is 0 Å². The molecule has 102 valence electrons. The van der Waals surface area contributed by atoms with Crippen molar-refractivity contribution < 1.29 is 25.9 Å². The number of alkyl halides is 2. The number of hydrogen-bond donors (Lipinski definition) is 0. The molecule has 18 heavy (non-hydrogen) atoms. The number of anilines is 1. The van der Waals surface area contributed by atoms with Crippen molar-refractivity contribution in [1.82, 2.24) is 4.90 Å². The van der Waals surface area contributed by atoms with E-state index in [9.17, 15) is 0 Å². The van der Waals surface area contributed by atoms with Crippen molar-refractivity contribution in [2.75, 3.05) is 40.0 Å². The van der Waals surface area contributed by atoms with Gasteiger partial charge in [-0.05, 0) is 0 Å². The summed E-state index contributed by atoms with van der Waals surface area (Å²) in [6.07, 6.45) is 1.12. The average molecular weight is 378 g/mol. The van der Waals surface area contributed by atoms with E-state index in [1.807, 2.05) is 31.3 Å². The first-order valence-electron chi connectivity index (χ1n) is 6.15. The molecule has 1 aromatic rings. The maximum atomic E-state index is 5.73. The van der Waals surface area contributed by atoms with Crippen LogP contribution in [0.15, 0.2) is 24.3 Å². The van der Waals surface area contributed by atoms with E-state index in [1.54, 1.807) is 4.31 Å². The van der Waals surface area contributed by atoms with Crippen LogP contribution in [0.2, 0.25) is 0 Å². The molecule has 1 aliphatic rings. The van der Waals surface area contributed by atoms with E-state index in [1.165, 1.54) is 22.1 Å². The third-order valence-electron chi connectivity index (χ3n) is 2.88. The molecule has 1 fully saturated rings. The van der Waals surface area contributed by atoms with Gasteiger partial charge in [-0.3, -0.25) is 0 Å². The fourth-order valence-electron chi connectivity index (χ4n) is 1.82. The zero-order chi connectivity index (χ0) is 12.8. The molecule has 0 spiro atoms. The van der Waals surface area contributed by atoms with Crippen LogP contribution in [-0.4, -0.2) is 40.6 Å². The number of halogens is 1. The van der Waals surface area contributed by atoms with Crippen LogP contribution in [-0.2, 0) is 12.8 Å². The van der Waals surface area contributed by atoms with Crippen molar-refractivity contribution in [3.63, 3.8) is 0 Å². The number of nitrogens with zero attached hydrogens (tertiary/aromatic N) is 2. The van der Waals surface area contributed by atoms with Crippen molar-refractivity contribution in [3.05, 3.63) is 24.3 Å². The van der Waals surface area contributed by atoms with Crippen LogP contribution in [0.4, 0.5) is 5.69 Å². The van der Waals surface area contributed by atoms with E-state index in [-0.39, 0.29) is 0 Å². The molecular weight excluding hydrogens is 359 g/mol. The average Bonchev–Trinajstić information content (AvgIpc) is 2.88. The molecule has 0 atom stereocenters. The van der Waals surface area contributed by atoms with Crippen LogP contribution < -0.4 is 30.2 Å². The summed E-state index contributed by atoms with van der Waals surface area (Å²) in [5.74, 6) is 0.935. The molecule has 1 saturated heterocycles. The zero-order valence-corrected chi connectivity index (χ0v) is 13.6. The third kappa shape index (κ3) is 4.51. The van der Waals surface area contributed by atoms with Gasteiger partial charge in [0.2, 0.25) is 0 Å². The summed E-state index contributed by atoms with van der Waals surface area (Å²) in [4.78, 5) is 2.56. The molecule has 0 aromatic heterocycles. The molecule has 1 aliphatic heterocycles. The molecule has 0 unspecified atom stereocenters. The molecule has 0 radical (unpaired) electrons. The predicted molar refractivity (Wildman–Crippen MR) is 73.6 cm³/mol. The van der Waals surface area contributed by atoms with Gasteiger partial charge in [0, 0.05) is 0 Å². The molecule has 0 saturated carbocycles. The van der Waals surface area contributed by atoms with E-state index < -0.39 is 0 Å². The van der Waals surface area contributed by atoms with Gasteiger partial charge in [0.15, 0.2) is 0 Å². The Bertz CT molecular complexity index is 353. The maximum absolute atomic E-state index is 5.73. The molecule has 0 bridgehead atoms. The van der Waals surface area contributed by atoms with Crippen LogP contribution in [0, 0.1) is 0 Å². The van der Waals surface area contributed by atoms with Gasteiger partial charge in [-0.1, -0.05) is 0 Å². The van der Waals surface area contributed by atoms with Gasteiger partial charge in [-0.15, -0.1) is 0 Å². The topological polar surface area (TPSA) is 15.7 Å². The summed E-state index contributed by atoms with van der Waals surface area (Å²) >= 11 is 5.54. The van der Waals surface area contributed by atoms with Gasteiger partial charge in [0.1, 0.15) is 0 Å². The molecule has 1 heterocycles. The molecule has 2 rings (SSSR count). The Labute approximate surface area is 125 Å². The SMILES string of the molecule is CN([S-])c1ccc(OCCCN2CC[I-]C2)cc1. The quantitative estimate of drug-likeness (QED) is 0.201. The summed E-state index contributed by atoms with van der Waals surface area (Å²) in [6.45, 7) is 3.30. The third-order valence-corrected chi connectivity index (χ3v) is 5.78. The molecule has 0 amide bonds. The molecule has 0 N–H and O–H groups in total. The summed E-state index contributed by atoms with van der Waals surface area (Å²) in [6, 6.07) is 7.96. The second-order valence-corrected chi connectivity index (χ2v) is 7.70. The van der Waals surface area contributed by atoms with Gasteiger partial charge in [-0.2, -0.15) is 0 Å². The summed E-state index contributed by atoms with van der Waals surface area (Å²) < 4.78 is 10.3. The fraction of sp³-hybridized carbons (Fsp3) is 0.538. The van der Waals surface area contributed by atoms with Gasteiger partial charge in [-0.25, -0.2) is 0 Å². The van der Waals surface area contributed by atoms with E-state index in [0.717, 1.165) is 24.5 Å². The van der Waals surface area contributed by atoms with Crippen LogP contribution in [0.3, 0.4) is 0 Å². The summed E-state index contributed by atoms with van der Waals surface area (Å²) in [7, 11) is 1.86. The Balaban J connectivity index is 1.66. The van der Waals surface area contributed by atoms with Crippen LogP contribution in [0.1, 0.15) is 6.42 Å². The van der Waals surface area contributed by atoms with Crippen LogP contribution in [0.25, 0.3) is 0 Å². The van der Waals surface area contributed by atoms with E-state index >= 15 is 0 Å². The van der Waals surface area contributed by atoms with Crippen molar-refractivity contribution in [3.8, 4) is 5.75 Å². The Hall–Kier alpha value is -0.140. The molecular formula is C13H19IN2OS-2. The van der Waals surface area contributed by atoms with E-state index in [2.05, 4.69) is 4.90 Å². The monoisotopic (exact) mass is 378 g/mol. The summed E-state index contributed by atoms with van der Waals surface area (Å²) in [5, 5.41) is 0. The fourth-order valence-corrected chi connectivity index (χ4v) is 4.67. The van der Waals surface area contributed by atoms with E-state index in [4.69, 9.17) is 17.6 Å². The van der Waals surface area contributed by atoms with Gasteiger partial charge in [0.25, 0.3) is 0 Å². The molecule has 0 aliphatic carbocycles.